The van der Waals surface area contributed by atoms with Crippen LogP contribution in [-0.4, -0.2) is 59.4 Å². The Hall–Kier alpha value is -2.48. The fourth-order valence-electron chi connectivity index (χ4n) is 3.45. The summed E-state index contributed by atoms with van der Waals surface area (Å²) in [6.45, 7) is 6.37. The number of halogens is 1. The summed E-state index contributed by atoms with van der Waals surface area (Å²) in [5.74, 6) is -1.21. The Kier molecular flexibility index (Phi) is 4.70. The number of urea groups is 1. The summed E-state index contributed by atoms with van der Waals surface area (Å²) < 4.78 is 13.2. The van der Waals surface area contributed by atoms with Crippen molar-refractivity contribution < 1.29 is 18.8 Å². The van der Waals surface area contributed by atoms with Crippen molar-refractivity contribution in [3.63, 3.8) is 0 Å². The normalized spacial score (nSPS) is 29.1. The molecule has 2 N–H and O–H groups in total. The summed E-state index contributed by atoms with van der Waals surface area (Å²) in [5.41, 5.74) is -0.843. The number of amides is 4. The van der Waals surface area contributed by atoms with Gasteiger partial charge in [-0.1, -0.05) is 12.1 Å². The lowest BCUT2D eigenvalue weighted by molar-refractivity contribution is -0.141. The number of imide groups is 1. The molecule has 0 saturated carbocycles. The molecule has 2 aliphatic heterocycles. The van der Waals surface area contributed by atoms with Crippen LogP contribution in [-0.2, 0) is 15.1 Å². The Bertz CT molecular complexity index is 738. The van der Waals surface area contributed by atoms with E-state index >= 15 is 0 Å². The first kappa shape index (κ1) is 18.3. The Morgan fingerprint density at radius 3 is 2.58 bits per heavy atom. The van der Waals surface area contributed by atoms with E-state index in [1.165, 1.54) is 24.3 Å². The van der Waals surface area contributed by atoms with E-state index in [1.54, 1.807) is 11.8 Å². The second kappa shape index (κ2) is 6.68. The van der Waals surface area contributed by atoms with Crippen LogP contribution >= 0.6 is 0 Å². The zero-order chi connectivity index (χ0) is 19.1. The monoisotopic (exact) mass is 362 g/mol. The molecule has 0 spiro atoms. The van der Waals surface area contributed by atoms with Gasteiger partial charge in [0, 0.05) is 25.2 Å². The summed E-state index contributed by atoms with van der Waals surface area (Å²) in [4.78, 5) is 40.5. The number of nitrogens with zero attached hydrogens (tertiary/aromatic N) is 2. The van der Waals surface area contributed by atoms with Crippen LogP contribution in [0.3, 0.4) is 0 Å². The average Bonchev–Trinajstić information content (AvgIpc) is 2.82. The van der Waals surface area contributed by atoms with E-state index < -0.39 is 23.3 Å². The van der Waals surface area contributed by atoms with Gasteiger partial charge in [-0.15, -0.1) is 0 Å². The molecule has 1 aromatic carbocycles. The molecule has 2 aliphatic rings. The highest BCUT2D eigenvalue weighted by molar-refractivity contribution is 6.09. The third-order valence-corrected chi connectivity index (χ3v) is 5.34. The van der Waals surface area contributed by atoms with Gasteiger partial charge in [-0.25, -0.2) is 9.18 Å². The van der Waals surface area contributed by atoms with Crippen LogP contribution in [0.1, 0.15) is 26.3 Å². The van der Waals surface area contributed by atoms with Gasteiger partial charge in [-0.2, -0.15) is 0 Å². The van der Waals surface area contributed by atoms with E-state index in [9.17, 15) is 18.8 Å². The minimum absolute atomic E-state index is 0.0273. The van der Waals surface area contributed by atoms with E-state index in [0.717, 1.165) is 4.90 Å². The van der Waals surface area contributed by atoms with E-state index in [4.69, 9.17) is 0 Å². The number of hydrogen-bond acceptors (Lipinski definition) is 4. The fourth-order valence-corrected chi connectivity index (χ4v) is 3.45. The molecule has 0 radical (unpaired) electrons. The van der Waals surface area contributed by atoms with Crippen molar-refractivity contribution in [1.29, 1.82) is 0 Å². The van der Waals surface area contributed by atoms with E-state index in [0.29, 0.717) is 18.7 Å². The van der Waals surface area contributed by atoms with Crippen LogP contribution in [0.15, 0.2) is 24.3 Å². The van der Waals surface area contributed by atoms with Crippen LogP contribution in [0.25, 0.3) is 0 Å². The van der Waals surface area contributed by atoms with Gasteiger partial charge in [-0.3, -0.25) is 14.5 Å². The highest BCUT2D eigenvalue weighted by Crippen LogP contribution is 2.29. The van der Waals surface area contributed by atoms with Crippen LogP contribution < -0.4 is 10.6 Å². The van der Waals surface area contributed by atoms with Gasteiger partial charge in [0.05, 0.1) is 0 Å². The van der Waals surface area contributed by atoms with Crippen molar-refractivity contribution >= 4 is 17.8 Å². The van der Waals surface area contributed by atoms with Gasteiger partial charge in [0.2, 0.25) is 5.91 Å². The number of carbonyl (C=O) groups is 3. The zero-order valence-corrected chi connectivity index (χ0v) is 15.1. The average molecular weight is 362 g/mol. The minimum Gasteiger partial charge on any atom is -0.336 e. The van der Waals surface area contributed by atoms with Crippen LogP contribution in [0.4, 0.5) is 9.18 Å². The molecule has 4 amide bonds. The molecule has 2 saturated heterocycles. The highest BCUT2D eigenvalue weighted by Gasteiger charge is 2.50. The molecule has 3 atom stereocenters. The van der Waals surface area contributed by atoms with Gasteiger partial charge in [0.1, 0.15) is 17.9 Å². The number of benzene rings is 1. The fraction of sp³-hybridized carbons (Fsp3) is 0.500. The predicted octanol–water partition coefficient (Wildman–Crippen LogP) is 0.802. The Morgan fingerprint density at radius 2 is 1.92 bits per heavy atom. The third-order valence-electron chi connectivity index (χ3n) is 5.34. The Morgan fingerprint density at radius 1 is 1.27 bits per heavy atom. The number of carbonyl (C=O) groups excluding carboxylic acids is 3. The van der Waals surface area contributed by atoms with Crippen molar-refractivity contribution in [3.8, 4) is 0 Å². The van der Waals surface area contributed by atoms with Crippen LogP contribution in [0.2, 0.25) is 0 Å². The summed E-state index contributed by atoms with van der Waals surface area (Å²) in [7, 11) is 0. The molecule has 7 nitrogen and oxygen atoms in total. The smallest absolute Gasteiger partial charge is 0.325 e. The van der Waals surface area contributed by atoms with Crippen LogP contribution in [0.5, 0.6) is 0 Å². The Labute approximate surface area is 151 Å². The van der Waals surface area contributed by atoms with Crippen molar-refractivity contribution in [2.45, 2.75) is 38.4 Å². The predicted molar refractivity (Wildman–Crippen MR) is 92.6 cm³/mol. The first-order valence-electron chi connectivity index (χ1n) is 8.67. The molecule has 2 heterocycles. The van der Waals surface area contributed by atoms with Gasteiger partial charge in [-0.05, 0) is 38.5 Å². The van der Waals surface area contributed by atoms with Crippen molar-refractivity contribution in [2.75, 3.05) is 19.6 Å². The number of nitrogens with one attached hydrogen (secondary N) is 2. The molecule has 8 heteroatoms. The minimum atomic E-state index is -1.31. The number of piperazine rings is 1. The second-order valence-electron chi connectivity index (χ2n) is 7.02. The summed E-state index contributed by atoms with van der Waals surface area (Å²) in [5, 5.41) is 5.91. The molecule has 1 aromatic rings. The lowest BCUT2D eigenvalue weighted by Crippen LogP contribution is -2.59. The molecule has 26 heavy (non-hydrogen) atoms. The molecule has 3 rings (SSSR count). The quantitative estimate of drug-likeness (QED) is 0.780. The first-order chi connectivity index (χ1) is 12.2. The van der Waals surface area contributed by atoms with Gasteiger partial charge in [0.15, 0.2) is 0 Å². The lowest BCUT2D eigenvalue weighted by Gasteiger charge is -2.39. The van der Waals surface area contributed by atoms with Crippen molar-refractivity contribution in [1.82, 2.24) is 20.4 Å². The van der Waals surface area contributed by atoms with E-state index in [2.05, 4.69) is 10.6 Å². The van der Waals surface area contributed by atoms with Crippen LogP contribution in [0, 0.1) is 5.82 Å². The lowest BCUT2D eigenvalue weighted by atomic mass is 9.92. The third kappa shape index (κ3) is 3.05. The highest BCUT2D eigenvalue weighted by atomic mass is 19.1. The van der Waals surface area contributed by atoms with Crippen molar-refractivity contribution in [3.05, 3.63) is 35.6 Å². The van der Waals surface area contributed by atoms with Gasteiger partial charge in [0.25, 0.3) is 5.91 Å². The maximum absolute atomic E-state index is 13.2. The topological polar surface area (TPSA) is 81.8 Å². The number of hydrogen-bond donors (Lipinski definition) is 2. The molecule has 0 bridgehead atoms. The molecular formula is C18H23FN4O3. The standard InChI is InChI=1S/C18H23FN4O3/c1-11-12(2)22(9-8-20-11)15(24)10-23-16(25)18(3,21-17(23)26)13-4-6-14(19)7-5-13/h4-7,11-12,20H,8-10H2,1-3H3,(H,21,26). The molecule has 3 unspecified atom stereocenters. The maximum Gasteiger partial charge on any atom is 0.325 e. The zero-order valence-electron chi connectivity index (χ0n) is 15.1. The molecule has 0 aromatic heterocycles. The number of rotatable bonds is 3. The molecule has 0 aliphatic carbocycles. The van der Waals surface area contributed by atoms with Crippen molar-refractivity contribution in [2.24, 2.45) is 0 Å². The summed E-state index contributed by atoms with van der Waals surface area (Å²) in [6, 6.07) is 4.87. The maximum atomic E-state index is 13.2. The largest absolute Gasteiger partial charge is 0.336 e. The van der Waals surface area contributed by atoms with Gasteiger partial charge < -0.3 is 15.5 Å². The molecule has 140 valence electrons. The van der Waals surface area contributed by atoms with E-state index in [1.807, 2.05) is 13.8 Å². The molecule has 2 fully saturated rings. The SMILES string of the molecule is CC1NCCN(C(=O)CN2C(=O)NC(C)(c3ccc(F)cc3)C2=O)C1C. The second-order valence-corrected chi connectivity index (χ2v) is 7.02. The summed E-state index contributed by atoms with van der Waals surface area (Å²) in [6.07, 6.45) is 0. The van der Waals surface area contributed by atoms with E-state index in [-0.39, 0.29) is 24.5 Å². The summed E-state index contributed by atoms with van der Waals surface area (Å²) >= 11 is 0. The van der Waals surface area contributed by atoms with Gasteiger partial charge >= 0.3 is 6.03 Å². The molecular weight excluding hydrogens is 339 g/mol. The first-order valence-corrected chi connectivity index (χ1v) is 8.67. The Balaban J connectivity index is 1.77.